The predicted molar refractivity (Wildman–Crippen MR) is 73.9 cm³/mol. The van der Waals surface area contributed by atoms with E-state index >= 15 is 0 Å². The van der Waals surface area contributed by atoms with E-state index in [-0.39, 0.29) is 22.8 Å². The standard InChI is InChI=1S/C15H9ClFNO3/c16-12-6-10(15(19)20)2-4-14(12)21-8-9-1-3-13(17)11(5-9)7-18/h1-6H,8H2,(H,19,20). The Balaban J connectivity index is 2.13. The first-order chi connectivity index (χ1) is 10.0. The Bertz CT molecular complexity index is 740. The van der Waals surface area contributed by atoms with Gasteiger partial charge in [0.1, 0.15) is 24.2 Å². The van der Waals surface area contributed by atoms with Gasteiger partial charge in [-0.15, -0.1) is 0 Å². The van der Waals surface area contributed by atoms with Crippen molar-refractivity contribution in [3.63, 3.8) is 0 Å². The zero-order valence-corrected chi connectivity index (χ0v) is 11.4. The first-order valence-electron chi connectivity index (χ1n) is 5.85. The largest absolute Gasteiger partial charge is 0.487 e. The van der Waals surface area contributed by atoms with E-state index in [1.165, 1.54) is 36.4 Å². The molecule has 0 saturated heterocycles. The number of aromatic carboxylic acids is 1. The lowest BCUT2D eigenvalue weighted by molar-refractivity contribution is 0.0697. The van der Waals surface area contributed by atoms with Crippen LogP contribution < -0.4 is 4.74 Å². The summed E-state index contributed by atoms with van der Waals surface area (Å²) in [6, 6.07) is 9.91. The van der Waals surface area contributed by atoms with E-state index in [1.807, 2.05) is 0 Å². The van der Waals surface area contributed by atoms with Crippen LogP contribution in [-0.2, 0) is 6.61 Å². The van der Waals surface area contributed by atoms with Crippen LogP contribution in [-0.4, -0.2) is 11.1 Å². The van der Waals surface area contributed by atoms with Crippen LogP contribution in [0, 0.1) is 17.1 Å². The minimum Gasteiger partial charge on any atom is -0.487 e. The third-order valence-corrected chi connectivity index (χ3v) is 3.02. The van der Waals surface area contributed by atoms with Gasteiger partial charge in [0.2, 0.25) is 0 Å². The number of rotatable bonds is 4. The highest BCUT2D eigenvalue weighted by Gasteiger charge is 2.09. The Labute approximate surface area is 125 Å². The zero-order valence-electron chi connectivity index (χ0n) is 10.6. The number of carboxylic acids is 1. The lowest BCUT2D eigenvalue weighted by atomic mass is 10.1. The average molecular weight is 306 g/mol. The quantitative estimate of drug-likeness (QED) is 0.936. The van der Waals surface area contributed by atoms with Crippen LogP contribution in [0.4, 0.5) is 4.39 Å². The molecule has 0 aliphatic rings. The van der Waals surface area contributed by atoms with Crippen LogP contribution in [0.2, 0.25) is 5.02 Å². The molecule has 2 rings (SSSR count). The van der Waals surface area contributed by atoms with E-state index in [4.69, 9.17) is 26.7 Å². The second-order valence-electron chi connectivity index (χ2n) is 4.17. The molecule has 0 amide bonds. The van der Waals surface area contributed by atoms with Gasteiger partial charge < -0.3 is 9.84 Å². The molecule has 4 nitrogen and oxygen atoms in total. The normalized spacial score (nSPS) is 9.95. The molecule has 1 N–H and O–H groups in total. The van der Waals surface area contributed by atoms with Gasteiger partial charge in [0.05, 0.1) is 16.1 Å². The fourth-order valence-electron chi connectivity index (χ4n) is 1.66. The van der Waals surface area contributed by atoms with E-state index in [0.717, 1.165) is 0 Å². The molecule has 21 heavy (non-hydrogen) atoms. The average Bonchev–Trinajstić information content (AvgIpc) is 2.47. The number of halogens is 2. The summed E-state index contributed by atoms with van der Waals surface area (Å²) in [6.07, 6.45) is 0. The van der Waals surface area contributed by atoms with Crippen LogP contribution in [0.15, 0.2) is 36.4 Å². The van der Waals surface area contributed by atoms with Crippen molar-refractivity contribution >= 4 is 17.6 Å². The number of nitrogens with zero attached hydrogens (tertiary/aromatic N) is 1. The second kappa shape index (κ2) is 6.25. The first-order valence-corrected chi connectivity index (χ1v) is 6.23. The van der Waals surface area contributed by atoms with E-state index < -0.39 is 11.8 Å². The SMILES string of the molecule is N#Cc1cc(COc2ccc(C(=O)O)cc2Cl)ccc1F. The summed E-state index contributed by atoms with van der Waals surface area (Å²) in [6.45, 7) is 0.0844. The summed E-state index contributed by atoms with van der Waals surface area (Å²) < 4.78 is 18.6. The molecule has 0 aromatic heterocycles. The molecule has 2 aromatic carbocycles. The van der Waals surface area contributed by atoms with Crippen molar-refractivity contribution in [2.24, 2.45) is 0 Å². The minimum atomic E-state index is -1.08. The molecule has 0 fully saturated rings. The van der Waals surface area contributed by atoms with Crippen molar-refractivity contribution in [1.29, 1.82) is 5.26 Å². The van der Waals surface area contributed by atoms with Gasteiger partial charge in [-0.3, -0.25) is 0 Å². The Kier molecular flexibility index (Phi) is 4.41. The van der Waals surface area contributed by atoms with E-state index in [1.54, 1.807) is 6.07 Å². The molecule has 0 aliphatic carbocycles. The van der Waals surface area contributed by atoms with Crippen LogP contribution in [0.3, 0.4) is 0 Å². The molecule has 0 atom stereocenters. The minimum absolute atomic E-state index is 0.0564. The van der Waals surface area contributed by atoms with E-state index in [9.17, 15) is 9.18 Å². The fourth-order valence-corrected chi connectivity index (χ4v) is 1.89. The van der Waals surface area contributed by atoms with Gasteiger partial charge in [0.25, 0.3) is 0 Å². The lowest BCUT2D eigenvalue weighted by Crippen LogP contribution is -2.00. The Morgan fingerprint density at radius 1 is 1.33 bits per heavy atom. The molecule has 0 spiro atoms. The molecule has 0 bridgehead atoms. The van der Waals surface area contributed by atoms with Crippen molar-refractivity contribution in [2.45, 2.75) is 6.61 Å². The third-order valence-electron chi connectivity index (χ3n) is 2.72. The van der Waals surface area contributed by atoms with Gasteiger partial charge in [0.15, 0.2) is 0 Å². The molecule has 0 unspecified atom stereocenters. The van der Waals surface area contributed by atoms with E-state index in [0.29, 0.717) is 11.3 Å². The molecule has 0 aliphatic heterocycles. The van der Waals surface area contributed by atoms with E-state index in [2.05, 4.69) is 0 Å². The smallest absolute Gasteiger partial charge is 0.335 e. The molecule has 106 valence electrons. The van der Waals surface area contributed by atoms with Gasteiger partial charge in [-0.25, -0.2) is 9.18 Å². The van der Waals surface area contributed by atoms with Gasteiger partial charge in [-0.1, -0.05) is 17.7 Å². The van der Waals surface area contributed by atoms with Gasteiger partial charge in [-0.05, 0) is 35.9 Å². The number of benzene rings is 2. The van der Waals surface area contributed by atoms with Crippen molar-refractivity contribution in [1.82, 2.24) is 0 Å². The zero-order chi connectivity index (χ0) is 15.4. The highest BCUT2D eigenvalue weighted by molar-refractivity contribution is 6.32. The van der Waals surface area contributed by atoms with Crippen molar-refractivity contribution < 1.29 is 19.0 Å². The Morgan fingerprint density at radius 2 is 2.10 bits per heavy atom. The topological polar surface area (TPSA) is 70.3 Å². The maximum atomic E-state index is 13.2. The Hall–Kier alpha value is -2.58. The van der Waals surface area contributed by atoms with Crippen LogP contribution in [0.5, 0.6) is 5.75 Å². The number of carbonyl (C=O) groups is 1. The summed E-state index contributed by atoms with van der Waals surface area (Å²) in [5, 5.41) is 17.7. The lowest BCUT2D eigenvalue weighted by Gasteiger charge is -2.09. The summed E-state index contributed by atoms with van der Waals surface area (Å²) in [5.74, 6) is -1.37. The number of hydrogen-bond acceptors (Lipinski definition) is 3. The maximum Gasteiger partial charge on any atom is 0.335 e. The van der Waals surface area contributed by atoms with Crippen molar-refractivity contribution in [3.05, 3.63) is 63.9 Å². The predicted octanol–water partition coefficient (Wildman–Crippen LogP) is 3.63. The molecule has 0 heterocycles. The molecular weight excluding hydrogens is 297 g/mol. The number of carboxylic acid groups (broad SMARTS) is 1. The molecule has 0 saturated carbocycles. The first kappa shape index (κ1) is 14.8. The summed E-state index contributed by atoms with van der Waals surface area (Å²) >= 11 is 5.92. The Morgan fingerprint density at radius 3 is 2.71 bits per heavy atom. The second-order valence-corrected chi connectivity index (χ2v) is 4.57. The molecule has 2 aromatic rings. The summed E-state index contributed by atoms with van der Waals surface area (Å²) in [5.41, 5.74) is 0.593. The highest BCUT2D eigenvalue weighted by Crippen LogP contribution is 2.26. The van der Waals surface area contributed by atoms with Crippen LogP contribution >= 0.6 is 11.6 Å². The highest BCUT2D eigenvalue weighted by atomic mass is 35.5. The molecule has 6 heteroatoms. The number of hydrogen-bond donors (Lipinski definition) is 1. The van der Waals surface area contributed by atoms with Crippen LogP contribution in [0.1, 0.15) is 21.5 Å². The van der Waals surface area contributed by atoms with Crippen molar-refractivity contribution in [3.8, 4) is 11.8 Å². The number of ether oxygens (including phenoxy) is 1. The summed E-state index contributed by atoms with van der Waals surface area (Å²) in [7, 11) is 0. The van der Waals surface area contributed by atoms with Gasteiger partial charge >= 0.3 is 5.97 Å². The van der Waals surface area contributed by atoms with Gasteiger partial charge in [-0.2, -0.15) is 5.26 Å². The van der Waals surface area contributed by atoms with Crippen LogP contribution in [0.25, 0.3) is 0 Å². The maximum absolute atomic E-state index is 13.2. The molecular formula is C15H9ClFNO3. The fraction of sp³-hybridized carbons (Fsp3) is 0.0667. The molecule has 0 radical (unpaired) electrons. The monoisotopic (exact) mass is 305 g/mol. The summed E-state index contributed by atoms with van der Waals surface area (Å²) in [4.78, 5) is 10.8. The van der Waals surface area contributed by atoms with Crippen molar-refractivity contribution in [2.75, 3.05) is 0 Å². The third kappa shape index (κ3) is 3.50. The van der Waals surface area contributed by atoms with Gasteiger partial charge in [0, 0.05) is 0 Å². The number of nitriles is 1.